The Hall–Kier alpha value is -1.99. The molecule has 1 amide bonds. The molecule has 0 saturated carbocycles. The molecule has 4 rings (SSSR count). The number of aromatic amines is 1. The average molecular weight is 315 g/mol. The van der Waals surface area contributed by atoms with Crippen LogP contribution in [-0.2, 0) is 0 Å². The van der Waals surface area contributed by atoms with Crippen molar-refractivity contribution < 1.29 is 9.90 Å². The smallest absolute Gasteiger partial charge is 0.272 e. The van der Waals surface area contributed by atoms with Gasteiger partial charge < -0.3 is 15.3 Å². The Labute approximate surface area is 134 Å². The number of aromatic nitrogens is 3. The lowest BCUT2D eigenvalue weighted by Gasteiger charge is -2.48. The molecular weight excluding hydrogens is 294 g/mol. The van der Waals surface area contributed by atoms with Crippen LogP contribution in [-0.4, -0.2) is 63.4 Å². The molecule has 2 aliphatic heterocycles. The molecule has 2 atom stereocenters. The fourth-order valence-electron chi connectivity index (χ4n) is 3.86. The highest BCUT2D eigenvalue weighted by Crippen LogP contribution is 2.36. The first kappa shape index (κ1) is 14.6. The van der Waals surface area contributed by atoms with Gasteiger partial charge in [-0.3, -0.25) is 9.89 Å². The van der Waals surface area contributed by atoms with Gasteiger partial charge in [-0.25, -0.2) is 4.98 Å². The number of amides is 1. The molecule has 2 aromatic rings. The quantitative estimate of drug-likeness (QED) is 0.714. The molecule has 7 nitrogen and oxygen atoms in total. The van der Waals surface area contributed by atoms with Gasteiger partial charge in [0.2, 0.25) is 0 Å². The number of aliphatic hydroxyl groups excluding tert-OH is 1. The van der Waals surface area contributed by atoms with Gasteiger partial charge in [-0.05, 0) is 37.9 Å². The molecule has 23 heavy (non-hydrogen) atoms. The topological polar surface area (TPSA) is 94.1 Å². The monoisotopic (exact) mass is 315 g/mol. The first-order valence-corrected chi connectivity index (χ1v) is 8.16. The molecule has 0 unspecified atom stereocenters. The molecule has 122 valence electrons. The van der Waals surface area contributed by atoms with Crippen LogP contribution in [0.2, 0.25) is 0 Å². The summed E-state index contributed by atoms with van der Waals surface area (Å²) < 4.78 is 0. The number of likely N-dealkylation sites (tertiary alicyclic amines) is 1. The summed E-state index contributed by atoms with van der Waals surface area (Å²) in [4.78, 5) is 19.0. The summed E-state index contributed by atoms with van der Waals surface area (Å²) in [6, 6.07) is 3.60. The van der Waals surface area contributed by atoms with E-state index in [-0.39, 0.29) is 17.4 Å². The minimum atomic E-state index is -0.345. The zero-order chi connectivity index (χ0) is 15.9. The number of aliphatic hydroxyl groups is 1. The molecule has 3 N–H and O–H groups in total. The molecule has 7 heteroatoms. The highest BCUT2D eigenvalue weighted by molar-refractivity contribution is 5.94. The van der Waals surface area contributed by atoms with Crippen LogP contribution < -0.4 is 5.32 Å². The van der Waals surface area contributed by atoms with Gasteiger partial charge in [-0.2, -0.15) is 5.10 Å². The fraction of sp³-hybridized carbons (Fsp3) is 0.562. The number of carbonyl (C=O) groups is 1. The van der Waals surface area contributed by atoms with E-state index in [9.17, 15) is 9.90 Å². The van der Waals surface area contributed by atoms with E-state index in [4.69, 9.17) is 0 Å². The van der Waals surface area contributed by atoms with Crippen LogP contribution >= 0.6 is 0 Å². The lowest BCUT2D eigenvalue weighted by Crippen LogP contribution is -2.58. The molecule has 4 heterocycles. The standard InChI is InChI=1S/C16H21N5O2/c22-13-4-6-17-9-16(13)5-1-7-21(10-16)15(23)12-3-2-11-8-18-20-14(11)19-12/h2-3,8,13,17,22H,1,4-7,9-10H2,(H,18,19,20)/t13-,16-/m0/s1. The summed E-state index contributed by atoms with van der Waals surface area (Å²) in [6.07, 6.45) is 3.97. The third-order valence-electron chi connectivity index (χ3n) is 5.19. The average Bonchev–Trinajstić information content (AvgIpc) is 3.05. The summed E-state index contributed by atoms with van der Waals surface area (Å²) in [5.74, 6) is -0.0710. The Morgan fingerprint density at radius 2 is 2.35 bits per heavy atom. The van der Waals surface area contributed by atoms with E-state index in [0.29, 0.717) is 17.9 Å². The van der Waals surface area contributed by atoms with E-state index in [2.05, 4.69) is 20.5 Å². The molecule has 0 aliphatic carbocycles. The minimum absolute atomic E-state index is 0.0710. The second kappa shape index (κ2) is 5.58. The maximum atomic E-state index is 12.8. The van der Waals surface area contributed by atoms with E-state index in [1.54, 1.807) is 12.3 Å². The van der Waals surface area contributed by atoms with Crippen LogP contribution in [0.3, 0.4) is 0 Å². The van der Waals surface area contributed by atoms with Crippen molar-refractivity contribution >= 4 is 16.9 Å². The molecule has 0 radical (unpaired) electrons. The van der Waals surface area contributed by atoms with Gasteiger partial charge in [-0.1, -0.05) is 0 Å². The van der Waals surface area contributed by atoms with Crippen LogP contribution in [0.15, 0.2) is 18.3 Å². The fourth-order valence-corrected chi connectivity index (χ4v) is 3.86. The van der Waals surface area contributed by atoms with Crippen LogP contribution in [0.25, 0.3) is 11.0 Å². The maximum absolute atomic E-state index is 12.8. The number of nitrogens with one attached hydrogen (secondary N) is 2. The Morgan fingerprint density at radius 1 is 1.43 bits per heavy atom. The van der Waals surface area contributed by atoms with Gasteiger partial charge in [0.05, 0.1) is 12.3 Å². The van der Waals surface area contributed by atoms with Crippen molar-refractivity contribution in [3.8, 4) is 0 Å². The van der Waals surface area contributed by atoms with E-state index < -0.39 is 0 Å². The SMILES string of the molecule is O=C(c1ccc2cn[nH]c2n1)N1CCC[C@]2(CNCC[C@@H]2O)C1. The molecule has 2 aliphatic rings. The van der Waals surface area contributed by atoms with Gasteiger partial charge in [-0.15, -0.1) is 0 Å². The Kier molecular flexibility index (Phi) is 3.54. The number of carbonyl (C=O) groups excluding carboxylic acids is 1. The number of fused-ring (bicyclic) bond motifs is 1. The summed E-state index contributed by atoms with van der Waals surface area (Å²) in [6.45, 7) is 2.92. The van der Waals surface area contributed by atoms with Gasteiger partial charge in [0.25, 0.3) is 5.91 Å². The predicted octanol–water partition coefficient (Wildman–Crippen LogP) is 0.534. The summed E-state index contributed by atoms with van der Waals surface area (Å²) in [7, 11) is 0. The van der Waals surface area contributed by atoms with Gasteiger partial charge >= 0.3 is 0 Å². The van der Waals surface area contributed by atoms with Gasteiger partial charge in [0.1, 0.15) is 5.69 Å². The second-order valence-electron chi connectivity index (χ2n) is 6.68. The van der Waals surface area contributed by atoms with Crippen LogP contribution in [0.5, 0.6) is 0 Å². The Morgan fingerprint density at radius 3 is 3.22 bits per heavy atom. The predicted molar refractivity (Wildman–Crippen MR) is 85.0 cm³/mol. The third-order valence-corrected chi connectivity index (χ3v) is 5.19. The number of H-pyrrole nitrogens is 1. The molecule has 2 aromatic heterocycles. The minimum Gasteiger partial charge on any atom is -0.392 e. The zero-order valence-electron chi connectivity index (χ0n) is 13.0. The zero-order valence-corrected chi connectivity index (χ0v) is 13.0. The van der Waals surface area contributed by atoms with Gasteiger partial charge in [0, 0.05) is 30.4 Å². The van der Waals surface area contributed by atoms with E-state index >= 15 is 0 Å². The van der Waals surface area contributed by atoms with Crippen molar-refractivity contribution in [1.29, 1.82) is 0 Å². The lowest BCUT2D eigenvalue weighted by molar-refractivity contribution is -0.0434. The van der Waals surface area contributed by atoms with Crippen LogP contribution in [0.1, 0.15) is 29.8 Å². The van der Waals surface area contributed by atoms with E-state index in [1.165, 1.54) is 0 Å². The first-order valence-electron chi connectivity index (χ1n) is 8.16. The Bertz CT molecular complexity index is 726. The number of piperidine rings is 2. The third kappa shape index (κ3) is 2.49. The summed E-state index contributed by atoms with van der Waals surface area (Å²) >= 11 is 0. The number of hydrogen-bond donors (Lipinski definition) is 3. The van der Waals surface area contributed by atoms with E-state index in [1.807, 2.05) is 11.0 Å². The molecule has 2 saturated heterocycles. The number of hydrogen-bond acceptors (Lipinski definition) is 5. The summed E-state index contributed by atoms with van der Waals surface area (Å²) in [5.41, 5.74) is 0.837. The first-order chi connectivity index (χ1) is 11.2. The van der Waals surface area contributed by atoms with Crippen molar-refractivity contribution in [2.24, 2.45) is 5.41 Å². The number of nitrogens with zero attached hydrogens (tertiary/aromatic N) is 3. The molecular formula is C16H21N5O2. The highest BCUT2D eigenvalue weighted by atomic mass is 16.3. The maximum Gasteiger partial charge on any atom is 0.272 e. The van der Waals surface area contributed by atoms with Crippen molar-refractivity contribution in [2.75, 3.05) is 26.2 Å². The van der Waals surface area contributed by atoms with E-state index in [0.717, 1.165) is 44.3 Å². The number of pyridine rings is 1. The lowest BCUT2D eigenvalue weighted by atomic mass is 9.72. The van der Waals surface area contributed by atoms with Crippen molar-refractivity contribution in [2.45, 2.75) is 25.4 Å². The molecule has 2 fully saturated rings. The normalized spacial score (nSPS) is 28.4. The van der Waals surface area contributed by atoms with Crippen molar-refractivity contribution in [3.05, 3.63) is 24.0 Å². The number of rotatable bonds is 1. The largest absolute Gasteiger partial charge is 0.392 e. The highest BCUT2D eigenvalue weighted by Gasteiger charge is 2.44. The van der Waals surface area contributed by atoms with Gasteiger partial charge in [0.15, 0.2) is 5.65 Å². The van der Waals surface area contributed by atoms with Crippen LogP contribution in [0.4, 0.5) is 0 Å². The Balaban J connectivity index is 1.57. The molecule has 1 spiro atoms. The van der Waals surface area contributed by atoms with Crippen LogP contribution in [0, 0.1) is 5.41 Å². The molecule has 0 aromatic carbocycles. The summed E-state index contributed by atoms with van der Waals surface area (Å²) in [5, 5.41) is 21.5. The van der Waals surface area contributed by atoms with Crippen molar-refractivity contribution in [3.63, 3.8) is 0 Å². The second-order valence-corrected chi connectivity index (χ2v) is 6.68. The van der Waals surface area contributed by atoms with Crippen molar-refractivity contribution in [1.82, 2.24) is 25.4 Å². The molecule has 0 bridgehead atoms.